The van der Waals surface area contributed by atoms with Crippen molar-refractivity contribution in [3.05, 3.63) is 67.6 Å². The summed E-state index contributed by atoms with van der Waals surface area (Å²) >= 11 is 25.6. The highest BCUT2D eigenvalue weighted by Crippen LogP contribution is 2.26. The first kappa shape index (κ1) is 27.1. The number of benzene rings is 2. The standard InChI is InChI=1S/C23H26Cl4N2O2S/c1-3-4-9-28-23(31)15(2)29(12-16-5-7-18(24)20(26)10-16)22(30)14-32-13-17-6-8-19(25)21(27)11-17/h5-8,10-11,15H,3-4,9,12-14H2,1-2H3,(H,28,31)/t15-/m0/s1. The average Bonchev–Trinajstić information content (AvgIpc) is 2.76. The number of halogens is 4. The van der Waals surface area contributed by atoms with Crippen LogP contribution in [0, 0.1) is 0 Å². The molecule has 0 aliphatic heterocycles. The molecule has 4 nitrogen and oxygen atoms in total. The maximum Gasteiger partial charge on any atom is 0.242 e. The smallest absolute Gasteiger partial charge is 0.242 e. The Balaban J connectivity index is 2.08. The molecule has 0 spiro atoms. The van der Waals surface area contributed by atoms with E-state index in [1.807, 2.05) is 6.07 Å². The van der Waals surface area contributed by atoms with Crippen molar-refractivity contribution < 1.29 is 9.59 Å². The fourth-order valence-electron chi connectivity index (χ4n) is 2.92. The fraction of sp³-hybridized carbons (Fsp3) is 0.391. The third kappa shape index (κ3) is 8.35. The van der Waals surface area contributed by atoms with Gasteiger partial charge in [0.25, 0.3) is 0 Å². The van der Waals surface area contributed by atoms with E-state index in [1.165, 1.54) is 11.8 Å². The van der Waals surface area contributed by atoms with Crippen LogP contribution in [0.1, 0.15) is 37.8 Å². The minimum absolute atomic E-state index is 0.140. The minimum Gasteiger partial charge on any atom is -0.354 e. The summed E-state index contributed by atoms with van der Waals surface area (Å²) in [6, 6.07) is 9.99. The molecule has 2 amide bonds. The van der Waals surface area contributed by atoms with Gasteiger partial charge >= 0.3 is 0 Å². The van der Waals surface area contributed by atoms with E-state index < -0.39 is 6.04 Å². The molecule has 0 fully saturated rings. The molecule has 174 valence electrons. The van der Waals surface area contributed by atoms with Crippen molar-refractivity contribution in [2.45, 2.75) is 45.0 Å². The zero-order valence-electron chi connectivity index (χ0n) is 18.0. The van der Waals surface area contributed by atoms with Crippen LogP contribution < -0.4 is 5.32 Å². The quantitative estimate of drug-likeness (QED) is 0.319. The molecule has 0 radical (unpaired) electrons. The van der Waals surface area contributed by atoms with Gasteiger partial charge in [0.2, 0.25) is 11.8 Å². The van der Waals surface area contributed by atoms with Crippen LogP contribution in [-0.4, -0.2) is 35.1 Å². The number of thioether (sulfide) groups is 1. The summed E-state index contributed by atoms with van der Waals surface area (Å²) in [4.78, 5) is 27.3. The zero-order valence-corrected chi connectivity index (χ0v) is 21.8. The van der Waals surface area contributed by atoms with Crippen LogP contribution in [0.2, 0.25) is 20.1 Å². The van der Waals surface area contributed by atoms with Gasteiger partial charge in [0, 0.05) is 18.8 Å². The van der Waals surface area contributed by atoms with Crippen molar-refractivity contribution in [2.24, 2.45) is 0 Å². The largest absolute Gasteiger partial charge is 0.354 e. The van der Waals surface area contributed by atoms with Crippen molar-refractivity contribution in [3.8, 4) is 0 Å². The molecule has 0 aliphatic carbocycles. The Bertz CT molecular complexity index is 942. The van der Waals surface area contributed by atoms with Crippen LogP contribution in [0.3, 0.4) is 0 Å². The Labute approximate surface area is 213 Å². The molecule has 1 N–H and O–H groups in total. The van der Waals surface area contributed by atoms with Gasteiger partial charge in [-0.1, -0.05) is 71.9 Å². The number of nitrogens with one attached hydrogen (secondary N) is 1. The van der Waals surface area contributed by atoms with E-state index in [1.54, 1.807) is 42.2 Å². The van der Waals surface area contributed by atoms with E-state index in [4.69, 9.17) is 46.4 Å². The van der Waals surface area contributed by atoms with Crippen molar-refractivity contribution in [1.82, 2.24) is 10.2 Å². The lowest BCUT2D eigenvalue weighted by Gasteiger charge is -2.29. The van der Waals surface area contributed by atoms with Crippen LogP contribution in [0.25, 0.3) is 0 Å². The zero-order chi connectivity index (χ0) is 23.7. The van der Waals surface area contributed by atoms with Crippen molar-refractivity contribution in [3.63, 3.8) is 0 Å². The Morgan fingerprint density at radius 1 is 0.969 bits per heavy atom. The molecule has 2 aromatic rings. The molecular weight excluding hydrogens is 510 g/mol. The molecule has 0 heterocycles. The molecule has 0 saturated heterocycles. The van der Waals surface area contributed by atoms with Gasteiger partial charge in [0.15, 0.2) is 0 Å². The van der Waals surface area contributed by atoms with Gasteiger partial charge in [-0.3, -0.25) is 9.59 Å². The van der Waals surface area contributed by atoms with Gasteiger partial charge in [-0.2, -0.15) is 0 Å². The summed E-state index contributed by atoms with van der Waals surface area (Å²) in [5.41, 5.74) is 1.77. The van der Waals surface area contributed by atoms with Crippen LogP contribution in [0.4, 0.5) is 0 Å². The topological polar surface area (TPSA) is 49.4 Å². The van der Waals surface area contributed by atoms with Gasteiger partial charge < -0.3 is 10.2 Å². The monoisotopic (exact) mass is 534 g/mol. The predicted octanol–water partition coefficient (Wildman–Crippen LogP) is 6.87. The number of amides is 2. The average molecular weight is 536 g/mol. The van der Waals surface area contributed by atoms with E-state index in [0.29, 0.717) is 32.4 Å². The van der Waals surface area contributed by atoms with Crippen LogP contribution >= 0.6 is 58.2 Å². The Morgan fingerprint density at radius 2 is 1.56 bits per heavy atom. The van der Waals surface area contributed by atoms with Crippen LogP contribution in [0.5, 0.6) is 0 Å². The third-order valence-corrected chi connectivity index (χ3v) is 7.28. The second-order valence-electron chi connectivity index (χ2n) is 7.33. The fourth-order valence-corrected chi connectivity index (χ4v) is 4.42. The van der Waals surface area contributed by atoms with E-state index in [-0.39, 0.29) is 24.1 Å². The van der Waals surface area contributed by atoms with Crippen LogP contribution in [0.15, 0.2) is 36.4 Å². The second-order valence-corrected chi connectivity index (χ2v) is 9.95. The Morgan fingerprint density at radius 3 is 2.16 bits per heavy atom. The lowest BCUT2D eigenvalue weighted by Crippen LogP contribution is -2.48. The third-order valence-electron chi connectivity index (χ3n) is 4.81. The molecule has 0 saturated carbocycles. The molecular formula is C23H26Cl4N2O2S. The summed E-state index contributed by atoms with van der Waals surface area (Å²) < 4.78 is 0. The first-order chi connectivity index (χ1) is 15.2. The summed E-state index contributed by atoms with van der Waals surface area (Å²) in [7, 11) is 0. The first-order valence-corrected chi connectivity index (χ1v) is 12.9. The van der Waals surface area contributed by atoms with Gasteiger partial charge in [-0.25, -0.2) is 0 Å². The second kappa shape index (κ2) is 13.6. The molecule has 2 aromatic carbocycles. The molecule has 0 bridgehead atoms. The summed E-state index contributed by atoms with van der Waals surface area (Å²) in [6.45, 7) is 4.63. The highest BCUT2D eigenvalue weighted by Gasteiger charge is 2.26. The summed E-state index contributed by atoms with van der Waals surface area (Å²) in [6.07, 6.45) is 1.87. The van der Waals surface area contributed by atoms with Crippen molar-refractivity contribution >= 4 is 70.0 Å². The molecule has 2 rings (SSSR count). The molecule has 0 unspecified atom stereocenters. The number of nitrogens with zero attached hydrogens (tertiary/aromatic N) is 1. The molecule has 32 heavy (non-hydrogen) atoms. The molecule has 0 aliphatic rings. The molecule has 0 aromatic heterocycles. The Kier molecular flexibility index (Phi) is 11.5. The number of rotatable bonds is 11. The van der Waals surface area contributed by atoms with E-state index in [2.05, 4.69) is 12.2 Å². The first-order valence-electron chi connectivity index (χ1n) is 10.3. The minimum atomic E-state index is -0.626. The number of hydrogen-bond donors (Lipinski definition) is 1. The number of carbonyl (C=O) groups is 2. The number of unbranched alkanes of at least 4 members (excludes halogenated alkanes) is 1. The lowest BCUT2D eigenvalue weighted by atomic mass is 10.1. The molecule has 9 heteroatoms. The highest BCUT2D eigenvalue weighted by molar-refractivity contribution is 7.99. The number of carbonyl (C=O) groups excluding carboxylic acids is 2. The van der Waals surface area contributed by atoms with E-state index in [0.717, 1.165) is 24.0 Å². The summed E-state index contributed by atoms with van der Waals surface area (Å²) in [5, 5.41) is 4.73. The van der Waals surface area contributed by atoms with Crippen molar-refractivity contribution in [2.75, 3.05) is 12.3 Å². The van der Waals surface area contributed by atoms with Gasteiger partial charge in [-0.05, 0) is 48.7 Å². The highest BCUT2D eigenvalue weighted by atomic mass is 35.5. The van der Waals surface area contributed by atoms with Gasteiger partial charge in [0.05, 0.1) is 25.8 Å². The van der Waals surface area contributed by atoms with E-state index >= 15 is 0 Å². The SMILES string of the molecule is CCCCNC(=O)[C@H](C)N(Cc1ccc(Cl)c(Cl)c1)C(=O)CSCc1ccc(Cl)c(Cl)c1. The van der Waals surface area contributed by atoms with Crippen molar-refractivity contribution in [1.29, 1.82) is 0 Å². The van der Waals surface area contributed by atoms with E-state index in [9.17, 15) is 9.59 Å². The lowest BCUT2D eigenvalue weighted by molar-refractivity contribution is -0.138. The number of hydrogen-bond acceptors (Lipinski definition) is 3. The van der Waals surface area contributed by atoms with Gasteiger partial charge in [0.1, 0.15) is 6.04 Å². The Hall–Kier alpha value is -1.11. The maximum atomic E-state index is 13.1. The normalized spacial score (nSPS) is 11.8. The predicted molar refractivity (Wildman–Crippen MR) is 137 cm³/mol. The van der Waals surface area contributed by atoms with Gasteiger partial charge in [-0.15, -0.1) is 11.8 Å². The maximum absolute atomic E-state index is 13.1. The molecule has 1 atom stereocenters. The van der Waals surface area contributed by atoms with Crippen LogP contribution in [-0.2, 0) is 21.9 Å². The summed E-state index contributed by atoms with van der Waals surface area (Å²) in [5.74, 6) is 0.495.